The molecule has 0 spiro atoms. The van der Waals surface area contributed by atoms with Gasteiger partial charge in [0.15, 0.2) is 11.5 Å². The van der Waals surface area contributed by atoms with Crippen LogP contribution in [0.25, 0.3) is 11.1 Å². The number of methoxy groups -OCH3 is 2. The molecule has 7 heteroatoms. The second kappa shape index (κ2) is 9.21. The van der Waals surface area contributed by atoms with E-state index >= 15 is 0 Å². The molecule has 0 saturated heterocycles. The lowest BCUT2D eigenvalue weighted by atomic mass is 10.0. The van der Waals surface area contributed by atoms with Crippen LogP contribution in [0, 0.1) is 0 Å². The van der Waals surface area contributed by atoms with E-state index in [1.165, 1.54) is 0 Å². The number of ether oxygens (including phenoxy) is 4. The first-order valence-electron chi connectivity index (χ1n) is 8.88. The monoisotopic (exact) mass is 389 g/mol. The highest BCUT2D eigenvalue weighted by molar-refractivity contribution is 5.73. The summed E-state index contributed by atoms with van der Waals surface area (Å²) in [6.45, 7) is 5.82. The Morgan fingerprint density at radius 1 is 1.04 bits per heavy atom. The van der Waals surface area contributed by atoms with Gasteiger partial charge in [0.2, 0.25) is 0 Å². The third-order valence-electron chi connectivity index (χ3n) is 3.71. The molecule has 2 aromatic rings. The summed E-state index contributed by atoms with van der Waals surface area (Å²) in [5.74, 6) is 1.63. The maximum absolute atomic E-state index is 11.6. The number of aromatic hydroxyl groups is 1. The summed E-state index contributed by atoms with van der Waals surface area (Å²) in [6.07, 6.45) is -0.512. The molecule has 2 aromatic carbocycles. The van der Waals surface area contributed by atoms with Crippen molar-refractivity contribution < 1.29 is 28.8 Å². The molecule has 0 aromatic heterocycles. The number of hydrogen-bond donors (Lipinski definition) is 2. The number of rotatable bonds is 7. The molecule has 28 heavy (non-hydrogen) atoms. The fraction of sp³-hybridized carbons (Fsp3) is 0.381. The Labute approximate surface area is 165 Å². The molecular formula is C21H27NO6. The van der Waals surface area contributed by atoms with E-state index in [-0.39, 0.29) is 18.9 Å². The van der Waals surface area contributed by atoms with Crippen LogP contribution >= 0.6 is 0 Å². The highest BCUT2D eigenvalue weighted by Gasteiger charge is 2.15. The van der Waals surface area contributed by atoms with Crippen LogP contribution in [0.4, 0.5) is 4.79 Å². The molecule has 1 amide bonds. The summed E-state index contributed by atoms with van der Waals surface area (Å²) in [5, 5.41) is 12.9. The molecule has 0 fully saturated rings. The summed E-state index contributed by atoms with van der Waals surface area (Å²) in [7, 11) is 3.16. The van der Waals surface area contributed by atoms with E-state index in [2.05, 4.69) is 5.32 Å². The average molecular weight is 389 g/mol. The molecule has 7 nitrogen and oxygen atoms in total. The van der Waals surface area contributed by atoms with Crippen molar-refractivity contribution >= 4 is 6.09 Å². The van der Waals surface area contributed by atoms with E-state index in [4.69, 9.17) is 18.9 Å². The smallest absolute Gasteiger partial charge is 0.407 e. The van der Waals surface area contributed by atoms with Crippen LogP contribution in [-0.2, 0) is 4.74 Å². The molecule has 0 radical (unpaired) electrons. The summed E-state index contributed by atoms with van der Waals surface area (Å²) < 4.78 is 21.3. The highest BCUT2D eigenvalue weighted by Crippen LogP contribution is 2.37. The number of benzene rings is 2. The van der Waals surface area contributed by atoms with Crippen molar-refractivity contribution in [1.82, 2.24) is 5.32 Å². The number of hydrogen-bond acceptors (Lipinski definition) is 6. The summed E-state index contributed by atoms with van der Waals surface area (Å²) in [6, 6.07) is 10.5. The minimum atomic E-state index is -0.554. The topological polar surface area (TPSA) is 86.3 Å². The van der Waals surface area contributed by atoms with E-state index in [9.17, 15) is 9.90 Å². The van der Waals surface area contributed by atoms with Crippen molar-refractivity contribution in [3.05, 3.63) is 36.4 Å². The van der Waals surface area contributed by atoms with Crippen molar-refractivity contribution in [2.24, 2.45) is 0 Å². The van der Waals surface area contributed by atoms with Crippen LogP contribution in [0.15, 0.2) is 36.4 Å². The SMILES string of the molecule is COc1ccc(-c2ccc(OCCNC(=O)OC(C)(C)C)c(O)c2)c(OC)c1. The summed E-state index contributed by atoms with van der Waals surface area (Å²) in [4.78, 5) is 11.6. The van der Waals surface area contributed by atoms with Gasteiger partial charge in [-0.3, -0.25) is 0 Å². The van der Waals surface area contributed by atoms with E-state index in [0.29, 0.717) is 17.2 Å². The maximum atomic E-state index is 11.6. The van der Waals surface area contributed by atoms with E-state index < -0.39 is 11.7 Å². The molecule has 0 aliphatic carbocycles. The first kappa shape index (κ1) is 21.2. The van der Waals surface area contributed by atoms with Gasteiger partial charge in [-0.2, -0.15) is 0 Å². The molecule has 0 unspecified atom stereocenters. The minimum Gasteiger partial charge on any atom is -0.504 e. The zero-order valence-corrected chi connectivity index (χ0v) is 16.9. The van der Waals surface area contributed by atoms with Gasteiger partial charge in [0.1, 0.15) is 23.7 Å². The molecule has 152 valence electrons. The summed E-state index contributed by atoms with van der Waals surface area (Å²) >= 11 is 0. The Bertz CT molecular complexity index is 813. The van der Waals surface area contributed by atoms with Crippen molar-refractivity contribution in [2.45, 2.75) is 26.4 Å². The minimum absolute atomic E-state index is 0.00682. The number of amides is 1. The second-order valence-corrected chi connectivity index (χ2v) is 7.03. The van der Waals surface area contributed by atoms with Gasteiger partial charge in [-0.15, -0.1) is 0 Å². The lowest BCUT2D eigenvalue weighted by Crippen LogP contribution is -2.34. The third-order valence-corrected chi connectivity index (χ3v) is 3.71. The Balaban J connectivity index is 1.98. The number of phenols is 1. The molecule has 2 N–H and O–H groups in total. The highest BCUT2D eigenvalue weighted by atomic mass is 16.6. The number of carbonyl (C=O) groups excluding carboxylic acids is 1. The van der Waals surface area contributed by atoms with Crippen molar-refractivity contribution in [1.29, 1.82) is 0 Å². The molecule has 0 bridgehead atoms. The van der Waals surface area contributed by atoms with Gasteiger partial charge in [0.25, 0.3) is 0 Å². The third kappa shape index (κ3) is 5.97. The Kier molecular flexibility index (Phi) is 6.98. The molecular weight excluding hydrogens is 362 g/mol. The number of alkyl carbamates (subject to hydrolysis) is 1. The van der Waals surface area contributed by atoms with Gasteiger partial charge in [0.05, 0.1) is 20.8 Å². The molecule has 0 heterocycles. The normalized spacial score (nSPS) is 10.9. The molecule has 0 atom stereocenters. The van der Waals surface area contributed by atoms with Crippen LogP contribution < -0.4 is 19.5 Å². The van der Waals surface area contributed by atoms with Crippen LogP contribution in [0.3, 0.4) is 0 Å². The standard InChI is InChI=1S/C21H27NO6/c1-21(2,3)28-20(24)22-10-11-27-18-9-6-14(12-17(18)23)16-8-7-15(25-4)13-19(16)26-5/h6-9,12-13,23H,10-11H2,1-5H3,(H,22,24). The second-order valence-electron chi connectivity index (χ2n) is 7.03. The predicted molar refractivity (Wildman–Crippen MR) is 106 cm³/mol. The van der Waals surface area contributed by atoms with Gasteiger partial charge >= 0.3 is 6.09 Å². The zero-order chi connectivity index (χ0) is 20.7. The average Bonchev–Trinajstić information content (AvgIpc) is 2.64. The molecule has 0 aliphatic heterocycles. The number of nitrogens with one attached hydrogen (secondary N) is 1. The summed E-state index contributed by atoms with van der Waals surface area (Å²) in [5.41, 5.74) is 1.04. The van der Waals surface area contributed by atoms with Crippen LogP contribution in [0.5, 0.6) is 23.0 Å². The van der Waals surface area contributed by atoms with E-state index in [0.717, 1.165) is 11.1 Å². The maximum Gasteiger partial charge on any atom is 0.407 e. The quantitative estimate of drug-likeness (QED) is 0.697. The lowest BCUT2D eigenvalue weighted by molar-refractivity contribution is 0.0520. The fourth-order valence-electron chi connectivity index (χ4n) is 2.47. The van der Waals surface area contributed by atoms with Gasteiger partial charge in [-0.25, -0.2) is 4.79 Å². The van der Waals surface area contributed by atoms with Gasteiger partial charge in [-0.05, 0) is 50.6 Å². The van der Waals surface area contributed by atoms with E-state index in [1.54, 1.807) is 53.2 Å². The van der Waals surface area contributed by atoms with Crippen molar-refractivity contribution in [2.75, 3.05) is 27.4 Å². The Hall–Kier alpha value is -3.09. The van der Waals surface area contributed by atoms with Crippen LogP contribution in [0.1, 0.15) is 20.8 Å². The molecule has 0 aliphatic rings. The van der Waals surface area contributed by atoms with Crippen molar-refractivity contribution in [3.63, 3.8) is 0 Å². The lowest BCUT2D eigenvalue weighted by Gasteiger charge is -2.19. The molecule has 2 rings (SSSR count). The first-order chi connectivity index (χ1) is 13.2. The fourth-order valence-corrected chi connectivity index (χ4v) is 2.47. The van der Waals surface area contributed by atoms with Crippen molar-refractivity contribution in [3.8, 4) is 34.1 Å². The van der Waals surface area contributed by atoms with Gasteiger partial charge in [0, 0.05) is 11.6 Å². The number of phenolic OH excluding ortho intramolecular Hbond substituents is 1. The van der Waals surface area contributed by atoms with Crippen LogP contribution in [0.2, 0.25) is 0 Å². The first-order valence-corrected chi connectivity index (χ1v) is 8.88. The number of carbonyl (C=O) groups is 1. The Morgan fingerprint density at radius 3 is 2.39 bits per heavy atom. The molecule has 0 saturated carbocycles. The Morgan fingerprint density at radius 2 is 1.79 bits per heavy atom. The largest absolute Gasteiger partial charge is 0.504 e. The van der Waals surface area contributed by atoms with Gasteiger partial charge < -0.3 is 29.4 Å². The zero-order valence-electron chi connectivity index (χ0n) is 16.9. The predicted octanol–water partition coefficient (Wildman–Crippen LogP) is 3.98. The van der Waals surface area contributed by atoms with Gasteiger partial charge in [-0.1, -0.05) is 6.07 Å². The van der Waals surface area contributed by atoms with E-state index in [1.807, 2.05) is 18.2 Å². The van der Waals surface area contributed by atoms with Crippen LogP contribution in [-0.4, -0.2) is 44.2 Å².